The van der Waals surface area contributed by atoms with Gasteiger partial charge in [0.2, 0.25) is 5.91 Å². The molecule has 1 heterocycles. The maximum absolute atomic E-state index is 12.6. The summed E-state index contributed by atoms with van der Waals surface area (Å²) in [5.74, 6) is -0.0218. The van der Waals surface area contributed by atoms with Crippen LogP contribution in [0.3, 0.4) is 0 Å². The van der Waals surface area contributed by atoms with Gasteiger partial charge in [-0.15, -0.1) is 12.4 Å². The fraction of sp³-hybridized carbons (Fsp3) is 0.611. The Labute approximate surface area is 160 Å². The first-order chi connectivity index (χ1) is 11.7. The van der Waals surface area contributed by atoms with Crippen LogP contribution in [-0.4, -0.2) is 35.0 Å². The molecule has 1 aliphatic carbocycles. The molecule has 0 saturated heterocycles. The Kier molecular flexibility index (Phi) is 7.84. The number of hydrogen-bond acceptors (Lipinski definition) is 4. The summed E-state index contributed by atoms with van der Waals surface area (Å²) in [6.45, 7) is 7.42. The van der Waals surface area contributed by atoms with Crippen molar-refractivity contribution >= 4 is 24.2 Å². The number of carbonyl (C=O) groups is 2. The van der Waals surface area contributed by atoms with Crippen molar-refractivity contribution in [3.63, 3.8) is 0 Å². The Morgan fingerprint density at radius 2 is 1.92 bits per heavy atom. The van der Waals surface area contributed by atoms with Crippen LogP contribution in [0.15, 0.2) is 10.9 Å². The topological polar surface area (TPSA) is 106 Å². The Balaban J connectivity index is 0.00000338. The lowest BCUT2D eigenvalue weighted by molar-refractivity contribution is -0.122. The van der Waals surface area contributed by atoms with E-state index in [2.05, 4.69) is 10.6 Å². The lowest BCUT2D eigenvalue weighted by atomic mass is 10.1. The van der Waals surface area contributed by atoms with Crippen LogP contribution < -0.4 is 21.9 Å². The van der Waals surface area contributed by atoms with Crippen molar-refractivity contribution in [3.8, 4) is 0 Å². The predicted octanol–water partition coefficient (Wildman–Crippen LogP) is 0.879. The highest BCUT2D eigenvalue weighted by Crippen LogP contribution is 2.31. The second-order valence-electron chi connectivity index (χ2n) is 7.15. The van der Waals surface area contributed by atoms with E-state index < -0.39 is 0 Å². The fourth-order valence-corrected chi connectivity index (χ4v) is 2.96. The maximum atomic E-state index is 12.6. The Hall–Kier alpha value is -1.86. The fourth-order valence-electron chi connectivity index (χ4n) is 2.96. The number of aromatic nitrogens is 1. The van der Waals surface area contributed by atoms with Gasteiger partial charge in [0.1, 0.15) is 6.54 Å². The van der Waals surface area contributed by atoms with Crippen LogP contribution in [-0.2, 0) is 11.3 Å². The van der Waals surface area contributed by atoms with E-state index in [1.807, 2.05) is 13.8 Å². The number of halogens is 1. The van der Waals surface area contributed by atoms with Crippen molar-refractivity contribution in [2.24, 2.45) is 11.7 Å². The number of nitrogens with zero attached hydrogens (tertiary/aromatic N) is 1. The summed E-state index contributed by atoms with van der Waals surface area (Å²) in [5, 5.41) is 5.61. The molecule has 2 amide bonds. The van der Waals surface area contributed by atoms with Gasteiger partial charge in [0.05, 0.1) is 5.56 Å². The van der Waals surface area contributed by atoms with Gasteiger partial charge in [-0.25, -0.2) is 0 Å². The van der Waals surface area contributed by atoms with E-state index in [1.165, 1.54) is 10.6 Å². The Morgan fingerprint density at radius 3 is 2.46 bits per heavy atom. The number of amides is 2. The second kappa shape index (κ2) is 9.19. The standard InChI is InChI=1S/C18H28N4O3.ClH/c1-10(2)21-15(23)9-22-12(4)17(11(3)7-16(22)24)18(25)20-8-14(19)13-5-6-13;/h7,10,13-14H,5-6,8-9,19H2,1-4H3,(H,20,25)(H,21,23);1H. The highest BCUT2D eigenvalue weighted by molar-refractivity contribution is 5.96. The van der Waals surface area contributed by atoms with E-state index in [1.54, 1.807) is 13.8 Å². The number of nitrogens with two attached hydrogens (primary N) is 1. The van der Waals surface area contributed by atoms with Crippen LogP contribution in [0.1, 0.15) is 48.3 Å². The van der Waals surface area contributed by atoms with Crippen LogP contribution in [0.4, 0.5) is 0 Å². The first-order valence-electron chi connectivity index (χ1n) is 8.75. The van der Waals surface area contributed by atoms with Crippen molar-refractivity contribution in [1.82, 2.24) is 15.2 Å². The number of hydrogen-bond donors (Lipinski definition) is 3. The van der Waals surface area contributed by atoms with Gasteiger partial charge >= 0.3 is 0 Å². The zero-order chi connectivity index (χ0) is 18.7. The summed E-state index contributed by atoms with van der Waals surface area (Å²) < 4.78 is 1.33. The SMILES string of the molecule is Cc1cc(=O)n(CC(=O)NC(C)C)c(C)c1C(=O)NCC(N)C1CC1.Cl. The molecule has 1 aromatic heterocycles. The first-order valence-corrected chi connectivity index (χ1v) is 8.75. The molecule has 8 heteroatoms. The van der Waals surface area contributed by atoms with E-state index in [0.717, 1.165) is 12.8 Å². The van der Waals surface area contributed by atoms with Gasteiger partial charge in [0.15, 0.2) is 0 Å². The van der Waals surface area contributed by atoms with Crippen LogP contribution in [0.5, 0.6) is 0 Å². The van der Waals surface area contributed by atoms with E-state index in [4.69, 9.17) is 5.73 Å². The van der Waals surface area contributed by atoms with Crippen molar-refractivity contribution in [1.29, 1.82) is 0 Å². The average Bonchev–Trinajstić information content (AvgIpc) is 3.32. The molecule has 1 aromatic rings. The minimum atomic E-state index is -0.292. The molecule has 0 aliphatic heterocycles. The van der Waals surface area contributed by atoms with E-state index in [-0.39, 0.29) is 48.4 Å². The summed E-state index contributed by atoms with van der Waals surface area (Å²) >= 11 is 0. The molecule has 0 spiro atoms. The first kappa shape index (κ1) is 22.2. The smallest absolute Gasteiger partial charge is 0.253 e. The molecule has 7 nitrogen and oxygen atoms in total. The minimum absolute atomic E-state index is 0. The van der Waals surface area contributed by atoms with Gasteiger partial charge in [-0.1, -0.05) is 0 Å². The zero-order valence-corrected chi connectivity index (χ0v) is 16.6. The third-order valence-electron chi connectivity index (χ3n) is 4.47. The van der Waals surface area contributed by atoms with Crippen LogP contribution >= 0.6 is 12.4 Å². The lowest BCUT2D eigenvalue weighted by Gasteiger charge is -2.18. The van der Waals surface area contributed by atoms with Gasteiger partial charge in [-0.2, -0.15) is 0 Å². The number of nitrogens with one attached hydrogen (secondary N) is 2. The molecule has 1 saturated carbocycles. The van der Waals surface area contributed by atoms with E-state index >= 15 is 0 Å². The Bertz CT molecular complexity index is 726. The van der Waals surface area contributed by atoms with E-state index in [9.17, 15) is 14.4 Å². The number of pyridine rings is 1. The van der Waals surface area contributed by atoms with Gasteiger partial charge in [-0.05, 0) is 52.0 Å². The molecule has 1 aliphatic rings. The molecule has 1 unspecified atom stereocenters. The highest BCUT2D eigenvalue weighted by Gasteiger charge is 2.29. The van der Waals surface area contributed by atoms with Gasteiger partial charge in [0, 0.05) is 30.4 Å². The molecule has 2 rings (SSSR count). The molecule has 146 valence electrons. The predicted molar refractivity (Wildman–Crippen MR) is 104 cm³/mol. The quantitative estimate of drug-likeness (QED) is 0.648. The summed E-state index contributed by atoms with van der Waals surface area (Å²) in [4.78, 5) is 36.8. The largest absolute Gasteiger partial charge is 0.352 e. The summed E-state index contributed by atoms with van der Waals surface area (Å²) in [5.41, 5.74) is 7.25. The summed E-state index contributed by atoms with van der Waals surface area (Å²) in [6, 6.07) is 1.35. The Morgan fingerprint density at radius 1 is 1.31 bits per heavy atom. The van der Waals surface area contributed by atoms with Crippen LogP contribution in [0.25, 0.3) is 0 Å². The molecular formula is C18H29ClN4O3. The molecular weight excluding hydrogens is 356 g/mol. The zero-order valence-electron chi connectivity index (χ0n) is 15.8. The number of carbonyl (C=O) groups excluding carboxylic acids is 2. The molecule has 1 atom stereocenters. The maximum Gasteiger partial charge on any atom is 0.253 e. The van der Waals surface area contributed by atoms with Gasteiger partial charge < -0.3 is 20.9 Å². The molecule has 26 heavy (non-hydrogen) atoms. The highest BCUT2D eigenvalue weighted by atomic mass is 35.5. The second-order valence-corrected chi connectivity index (χ2v) is 7.15. The molecule has 0 radical (unpaired) electrons. The third kappa shape index (κ3) is 5.57. The number of rotatable bonds is 7. The normalized spacial score (nSPS) is 14.5. The molecule has 0 bridgehead atoms. The summed E-state index contributed by atoms with van der Waals surface area (Å²) in [7, 11) is 0. The van der Waals surface area contributed by atoms with Crippen molar-refractivity contribution < 1.29 is 9.59 Å². The van der Waals surface area contributed by atoms with Crippen molar-refractivity contribution in [2.45, 2.75) is 59.2 Å². The van der Waals surface area contributed by atoms with Gasteiger partial charge in [0.25, 0.3) is 11.5 Å². The lowest BCUT2D eigenvalue weighted by Crippen LogP contribution is -2.40. The third-order valence-corrected chi connectivity index (χ3v) is 4.47. The van der Waals surface area contributed by atoms with E-state index in [0.29, 0.717) is 29.3 Å². The van der Waals surface area contributed by atoms with Gasteiger partial charge in [-0.3, -0.25) is 14.4 Å². The van der Waals surface area contributed by atoms with Crippen molar-refractivity contribution in [2.75, 3.05) is 6.54 Å². The number of aryl methyl sites for hydroxylation is 1. The average molecular weight is 385 g/mol. The van der Waals surface area contributed by atoms with Crippen LogP contribution in [0.2, 0.25) is 0 Å². The summed E-state index contributed by atoms with van der Waals surface area (Å²) in [6.07, 6.45) is 2.23. The molecule has 0 aromatic carbocycles. The minimum Gasteiger partial charge on any atom is -0.352 e. The van der Waals surface area contributed by atoms with Crippen LogP contribution in [0, 0.1) is 19.8 Å². The van der Waals surface area contributed by atoms with Crippen molar-refractivity contribution in [3.05, 3.63) is 33.2 Å². The molecule has 1 fully saturated rings. The molecule has 4 N–H and O–H groups in total. The monoisotopic (exact) mass is 384 g/mol.